The van der Waals surface area contributed by atoms with Crippen LogP contribution in [-0.4, -0.2) is 30.6 Å². The third-order valence-corrected chi connectivity index (χ3v) is 3.74. The molecule has 17 heavy (non-hydrogen) atoms. The molecule has 1 aliphatic carbocycles. The van der Waals surface area contributed by atoms with Crippen LogP contribution in [0.3, 0.4) is 0 Å². The first kappa shape index (κ1) is 15.0. The number of nitrogens with two attached hydrogens (primary N) is 1. The van der Waals surface area contributed by atoms with Gasteiger partial charge in [0.15, 0.2) is 0 Å². The summed E-state index contributed by atoms with van der Waals surface area (Å²) >= 11 is 0. The van der Waals surface area contributed by atoms with Gasteiger partial charge < -0.3 is 10.6 Å². The maximum absolute atomic E-state index is 6.25. The summed E-state index contributed by atoms with van der Waals surface area (Å²) in [6.45, 7) is 12.8. The molecule has 1 rings (SSSR count). The topological polar surface area (TPSA) is 29.3 Å². The highest BCUT2D eigenvalue weighted by atomic mass is 15.1. The third kappa shape index (κ3) is 7.05. The summed E-state index contributed by atoms with van der Waals surface area (Å²) in [5.41, 5.74) is 6.25. The average Bonchev–Trinajstić information content (AvgIpc) is 3.04. The van der Waals surface area contributed by atoms with Crippen LogP contribution in [0.25, 0.3) is 0 Å². The number of hydrogen-bond donors (Lipinski definition) is 1. The monoisotopic (exact) mass is 240 g/mol. The van der Waals surface area contributed by atoms with E-state index in [0.717, 1.165) is 24.3 Å². The van der Waals surface area contributed by atoms with Crippen molar-refractivity contribution in [3.63, 3.8) is 0 Å². The van der Waals surface area contributed by atoms with Gasteiger partial charge in [-0.3, -0.25) is 0 Å². The molecule has 0 aromatic rings. The smallest absolute Gasteiger partial charge is 0.0196 e. The van der Waals surface area contributed by atoms with Gasteiger partial charge in [0.05, 0.1) is 0 Å². The summed E-state index contributed by atoms with van der Waals surface area (Å²) in [5, 5.41) is 0. The van der Waals surface area contributed by atoms with E-state index in [-0.39, 0.29) is 0 Å². The fourth-order valence-electron chi connectivity index (χ4n) is 2.15. The lowest BCUT2D eigenvalue weighted by Crippen LogP contribution is -2.40. The Morgan fingerprint density at radius 1 is 1.00 bits per heavy atom. The van der Waals surface area contributed by atoms with Crippen molar-refractivity contribution in [1.29, 1.82) is 0 Å². The molecule has 0 aromatic carbocycles. The lowest BCUT2D eigenvalue weighted by molar-refractivity contribution is 0.223. The Bertz CT molecular complexity index is 185. The van der Waals surface area contributed by atoms with Gasteiger partial charge in [-0.2, -0.15) is 0 Å². The summed E-state index contributed by atoms with van der Waals surface area (Å²) in [7, 11) is 0. The van der Waals surface area contributed by atoms with E-state index < -0.39 is 0 Å². The molecule has 2 nitrogen and oxygen atoms in total. The number of nitrogens with zero attached hydrogens (tertiary/aromatic N) is 1. The highest BCUT2D eigenvalue weighted by Gasteiger charge is 2.29. The van der Waals surface area contributed by atoms with Gasteiger partial charge in [-0.25, -0.2) is 0 Å². The Labute approximate surface area is 108 Å². The van der Waals surface area contributed by atoms with Crippen LogP contribution in [0.1, 0.15) is 53.4 Å². The molecular formula is C15H32N2. The quantitative estimate of drug-likeness (QED) is 0.671. The lowest BCUT2D eigenvalue weighted by Gasteiger charge is -2.27. The largest absolute Gasteiger partial charge is 0.326 e. The fourth-order valence-corrected chi connectivity index (χ4v) is 2.15. The first-order valence-corrected chi connectivity index (χ1v) is 7.47. The Balaban J connectivity index is 2.28. The summed E-state index contributed by atoms with van der Waals surface area (Å²) < 4.78 is 0. The summed E-state index contributed by atoms with van der Waals surface area (Å²) in [4.78, 5) is 2.60. The predicted molar refractivity (Wildman–Crippen MR) is 76.0 cm³/mol. The Hall–Kier alpha value is -0.0800. The number of hydrogen-bond acceptors (Lipinski definition) is 2. The van der Waals surface area contributed by atoms with Gasteiger partial charge in [-0.05, 0) is 56.5 Å². The van der Waals surface area contributed by atoms with Crippen LogP contribution in [0.15, 0.2) is 0 Å². The first-order valence-electron chi connectivity index (χ1n) is 7.47. The van der Waals surface area contributed by atoms with Crippen molar-refractivity contribution in [1.82, 2.24) is 4.90 Å². The van der Waals surface area contributed by atoms with E-state index in [2.05, 4.69) is 32.6 Å². The molecule has 0 bridgehead atoms. The minimum Gasteiger partial charge on any atom is -0.326 e. The molecule has 2 heteroatoms. The van der Waals surface area contributed by atoms with Crippen LogP contribution in [0.2, 0.25) is 0 Å². The van der Waals surface area contributed by atoms with Crippen LogP contribution in [0.5, 0.6) is 0 Å². The summed E-state index contributed by atoms with van der Waals surface area (Å²) in [6.07, 6.45) is 5.33. The minimum atomic E-state index is 0.425. The van der Waals surface area contributed by atoms with Gasteiger partial charge in [-0.1, -0.05) is 27.7 Å². The van der Waals surface area contributed by atoms with Gasteiger partial charge in [0.2, 0.25) is 0 Å². The minimum absolute atomic E-state index is 0.425. The van der Waals surface area contributed by atoms with Crippen molar-refractivity contribution in [2.75, 3.05) is 19.6 Å². The second-order valence-electron chi connectivity index (χ2n) is 6.67. The van der Waals surface area contributed by atoms with Crippen LogP contribution in [0, 0.1) is 17.8 Å². The van der Waals surface area contributed by atoms with Crippen molar-refractivity contribution in [3.05, 3.63) is 0 Å². The Morgan fingerprint density at radius 3 is 1.82 bits per heavy atom. The molecule has 0 heterocycles. The van der Waals surface area contributed by atoms with E-state index in [1.807, 2.05) is 0 Å². The van der Waals surface area contributed by atoms with Gasteiger partial charge in [0.1, 0.15) is 0 Å². The van der Waals surface area contributed by atoms with Gasteiger partial charge in [0.25, 0.3) is 0 Å². The maximum atomic E-state index is 6.25. The van der Waals surface area contributed by atoms with Crippen LogP contribution in [0.4, 0.5) is 0 Å². The third-order valence-electron chi connectivity index (χ3n) is 3.74. The molecule has 1 aliphatic rings. The van der Waals surface area contributed by atoms with E-state index in [9.17, 15) is 0 Å². The highest BCUT2D eigenvalue weighted by molar-refractivity contribution is 4.86. The van der Waals surface area contributed by atoms with Gasteiger partial charge >= 0.3 is 0 Å². The standard InChI is InChI=1S/C15H32N2/c1-12(2)7-9-17(10-8-13(3)4)11-15(16)14-5-6-14/h12-15H,5-11,16H2,1-4H3. The van der Waals surface area contributed by atoms with E-state index in [4.69, 9.17) is 5.73 Å². The zero-order chi connectivity index (χ0) is 12.8. The van der Waals surface area contributed by atoms with E-state index in [1.54, 1.807) is 0 Å². The van der Waals surface area contributed by atoms with Crippen molar-refractivity contribution < 1.29 is 0 Å². The predicted octanol–water partition coefficient (Wildman–Crippen LogP) is 3.12. The second kappa shape index (κ2) is 7.38. The normalized spacial score (nSPS) is 18.4. The fraction of sp³-hybridized carbons (Fsp3) is 1.00. The van der Waals surface area contributed by atoms with E-state index >= 15 is 0 Å². The molecule has 1 unspecified atom stereocenters. The molecule has 1 saturated carbocycles. The molecule has 0 amide bonds. The molecule has 2 N–H and O–H groups in total. The van der Waals surface area contributed by atoms with Gasteiger partial charge in [0, 0.05) is 12.6 Å². The molecule has 102 valence electrons. The molecule has 0 radical (unpaired) electrons. The Kier molecular flexibility index (Phi) is 6.50. The first-order chi connectivity index (χ1) is 7.99. The molecule has 1 fully saturated rings. The van der Waals surface area contributed by atoms with Crippen LogP contribution >= 0.6 is 0 Å². The zero-order valence-electron chi connectivity index (χ0n) is 12.3. The van der Waals surface area contributed by atoms with Crippen molar-refractivity contribution in [3.8, 4) is 0 Å². The maximum Gasteiger partial charge on any atom is 0.0196 e. The number of rotatable bonds is 9. The van der Waals surface area contributed by atoms with Crippen LogP contribution < -0.4 is 5.73 Å². The zero-order valence-corrected chi connectivity index (χ0v) is 12.3. The molecule has 0 saturated heterocycles. The SMILES string of the molecule is CC(C)CCN(CCC(C)C)CC(N)C1CC1. The average molecular weight is 240 g/mol. The summed E-state index contributed by atoms with van der Waals surface area (Å²) in [6, 6.07) is 0.425. The molecule has 0 aromatic heterocycles. The van der Waals surface area contributed by atoms with Crippen molar-refractivity contribution >= 4 is 0 Å². The van der Waals surface area contributed by atoms with Gasteiger partial charge in [-0.15, -0.1) is 0 Å². The second-order valence-corrected chi connectivity index (χ2v) is 6.67. The molecule has 0 aliphatic heterocycles. The van der Waals surface area contributed by atoms with Crippen molar-refractivity contribution in [2.24, 2.45) is 23.5 Å². The summed E-state index contributed by atoms with van der Waals surface area (Å²) in [5.74, 6) is 2.43. The lowest BCUT2D eigenvalue weighted by atomic mass is 10.1. The highest BCUT2D eigenvalue weighted by Crippen LogP contribution is 2.31. The van der Waals surface area contributed by atoms with Crippen LogP contribution in [-0.2, 0) is 0 Å². The molecule has 0 spiro atoms. The van der Waals surface area contributed by atoms with E-state index in [0.29, 0.717) is 6.04 Å². The Morgan fingerprint density at radius 2 is 1.47 bits per heavy atom. The molecular weight excluding hydrogens is 208 g/mol. The molecule has 1 atom stereocenters. The van der Waals surface area contributed by atoms with E-state index in [1.165, 1.54) is 38.8 Å². The van der Waals surface area contributed by atoms with Crippen molar-refractivity contribution in [2.45, 2.75) is 59.4 Å².